The van der Waals surface area contributed by atoms with Crippen LogP contribution < -0.4 is 14.0 Å². The number of nitriles is 1. The van der Waals surface area contributed by atoms with E-state index in [9.17, 15) is 4.79 Å². The molecule has 1 aromatic carbocycles. The number of benzene rings is 1. The van der Waals surface area contributed by atoms with Gasteiger partial charge in [-0.15, -0.1) is 0 Å². The third-order valence-corrected chi connectivity index (χ3v) is 4.59. The standard InChI is InChI=1S/C19H17N2O4/c1-3-23-19(22)17-16-14-9-12(4-5-15(14)25-18(16)17)24-13-6-7-21(2)11(8-13)10-20/h4-9,16-18H,3H2,1-2H3/q+1. The second-order valence-corrected chi connectivity index (χ2v) is 6.16. The quantitative estimate of drug-likeness (QED) is 0.632. The van der Waals surface area contributed by atoms with E-state index >= 15 is 0 Å². The number of esters is 1. The van der Waals surface area contributed by atoms with E-state index in [1.54, 1.807) is 36.9 Å². The minimum absolute atomic E-state index is 0.0424. The number of aryl methyl sites for hydroxylation is 1. The van der Waals surface area contributed by atoms with Crippen molar-refractivity contribution in [2.45, 2.75) is 18.9 Å². The van der Waals surface area contributed by atoms with E-state index < -0.39 is 0 Å². The average Bonchev–Trinajstić information content (AvgIpc) is 3.21. The van der Waals surface area contributed by atoms with Crippen LogP contribution in [0.15, 0.2) is 36.5 Å². The Labute approximate surface area is 145 Å². The topological polar surface area (TPSA) is 72.4 Å². The number of rotatable bonds is 4. The molecule has 0 saturated heterocycles. The largest absolute Gasteiger partial charge is 0.489 e. The SMILES string of the molecule is CCOC(=O)C1C2Oc3ccc(Oc4cc[n+](C)c(C#N)c4)cc3C21. The zero-order valence-corrected chi connectivity index (χ0v) is 13.9. The first-order chi connectivity index (χ1) is 12.1. The Bertz CT molecular complexity index is 903. The van der Waals surface area contributed by atoms with Crippen LogP contribution in [-0.2, 0) is 16.6 Å². The number of ether oxygens (including phenoxy) is 3. The first kappa shape index (κ1) is 15.5. The summed E-state index contributed by atoms with van der Waals surface area (Å²) >= 11 is 0. The number of hydrogen-bond donors (Lipinski definition) is 0. The maximum Gasteiger partial charge on any atom is 0.313 e. The summed E-state index contributed by atoms with van der Waals surface area (Å²) in [6.07, 6.45) is 1.66. The number of nitrogens with zero attached hydrogens (tertiary/aromatic N) is 2. The van der Waals surface area contributed by atoms with Crippen molar-refractivity contribution in [1.29, 1.82) is 5.26 Å². The van der Waals surface area contributed by atoms with Gasteiger partial charge in [-0.2, -0.15) is 9.83 Å². The summed E-state index contributed by atoms with van der Waals surface area (Å²) in [5, 5.41) is 9.11. The zero-order valence-electron chi connectivity index (χ0n) is 13.9. The highest BCUT2D eigenvalue weighted by molar-refractivity contribution is 5.80. The summed E-state index contributed by atoms with van der Waals surface area (Å²) in [5.74, 6) is 1.64. The summed E-state index contributed by atoms with van der Waals surface area (Å²) in [6.45, 7) is 2.17. The molecule has 6 heteroatoms. The molecule has 0 N–H and O–H groups in total. The molecule has 0 radical (unpaired) electrons. The van der Waals surface area contributed by atoms with Gasteiger partial charge in [0.25, 0.3) is 5.69 Å². The molecule has 1 saturated carbocycles. The lowest BCUT2D eigenvalue weighted by Crippen LogP contribution is -2.31. The second-order valence-electron chi connectivity index (χ2n) is 6.16. The van der Waals surface area contributed by atoms with Gasteiger partial charge in [-0.05, 0) is 25.1 Å². The molecule has 126 valence electrons. The fourth-order valence-electron chi connectivity index (χ4n) is 3.28. The molecule has 25 heavy (non-hydrogen) atoms. The molecule has 0 spiro atoms. The van der Waals surface area contributed by atoms with Gasteiger partial charge in [0.15, 0.2) is 12.3 Å². The maximum absolute atomic E-state index is 11.9. The summed E-state index contributed by atoms with van der Waals surface area (Å²) in [7, 11) is 1.80. The van der Waals surface area contributed by atoms with Crippen LogP contribution in [-0.4, -0.2) is 18.7 Å². The zero-order chi connectivity index (χ0) is 17.6. The lowest BCUT2D eigenvalue weighted by Gasteiger charge is -2.10. The van der Waals surface area contributed by atoms with Gasteiger partial charge in [0.1, 0.15) is 36.3 Å². The molecule has 2 heterocycles. The molecular weight excluding hydrogens is 320 g/mol. The predicted octanol–water partition coefficient (Wildman–Crippen LogP) is 2.21. The van der Waals surface area contributed by atoms with Crippen molar-refractivity contribution in [1.82, 2.24) is 0 Å². The van der Waals surface area contributed by atoms with Crippen LogP contribution in [0.1, 0.15) is 24.1 Å². The lowest BCUT2D eigenvalue weighted by atomic mass is 10.1. The number of aromatic nitrogens is 1. The Kier molecular flexibility index (Phi) is 3.57. The summed E-state index contributed by atoms with van der Waals surface area (Å²) in [6, 6.07) is 11.2. The molecule has 1 fully saturated rings. The summed E-state index contributed by atoms with van der Waals surface area (Å²) in [5.41, 5.74) is 1.48. The highest BCUT2D eigenvalue weighted by atomic mass is 16.5. The van der Waals surface area contributed by atoms with E-state index in [0.29, 0.717) is 23.8 Å². The average molecular weight is 337 g/mol. The van der Waals surface area contributed by atoms with Crippen molar-refractivity contribution in [3.8, 4) is 23.3 Å². The van der Waals surface area contributed by atoms with Gasteiger partial charge in [-0.1, -0.05) is 0 Å². The second kappa shape index (κ2) is 5.78. The third kappa shape index (κ3) is 2.58. The highest BCUT2D eigenvalue weighted by Gasteiger charge is 2.63. The number of carbonyl (C=O) groups excluding carboxylic acids is 1. The fraction of sp³-hybridized carbons (Fsp3) is 0.316. The number of hydrogen-bond acceptors (Lipinski definition) is 5. The van der Waals surface area contributed by atoms with Crippen LogP contribution in [0.25, 0.3) is 0 Å². The van der Waals surface area contributed by atoms with E-state index in [-0.39, 0.29) is 23.9 Å². The molecule has 1 aliphatic heterocycles. The Hall–Kier alpha value is -3.07. The Morgan fingerprint density at radius 3 is 2.88 bits per heavy atom. The molecule has 1 aromatic heterocycles. The van der Waals surface area contributed by atoms with E-state index in [1.807, 2.05) is 18.2 Å². The first-order valence-corrected chi connectivity index (χ1v) is 8.17. The normalized spacial score (nSPS) is 22.2. The predicted molar refractivity (Wildman–Crippen MR) is 86.1 cm³/mol. The molecule has 2 aromatic rings. The van der Waals surface area contributed by atoms with Crippen molar-refractivity contribution < 1.29 is 23.6 Å². The van der Waals surface area contributed by atoms with Crippen LogP contribution >= 0.6 is 0 Å². The molecule has 1 aliphatic carbocycles. The Balaban J connectivity index is 1.55. The maximum atomic E-state index is 11.9. The van der Waals surface area contributed by atoms with E-state index in [2.05, 4.69) is 6.07 Å². The molecular formula is C19H17N2O4+. The fourth-order valence-corrected chi connectivity index (χ4v) is 3.28. The van der Waals surface area contributed by atoms with Gasteiger partial charge in [-0.3, -0.25) is 4.79 Å². The molecule has 4 rings (SSSR count). The van der Waals surface area contributed by atoms with E-state index in [4.69, 9.17) is 19.5 Å². The number of pyridine rings is 1. The molecule has 2 aliphatic rings. The third-order valence-electron chi connectivity index (χ3n) is 4.59. The number of carbonyl (C=O) groups is 1. The summed E-state index contributed by atoms with van der Waals surface area (Å²) in [4.78, 5) is 11.9. The van der Waals surface area contributed by atoms with Crippen molar-refractivity contribution in [2.24, 2.45) is 13.0 Å². The molecule has 0 amide bonds. The lowest BCUT2D eigenvalue weighted by molar-refractivity contribution is -0.674. The van der Waals surface area contributed by atoms with Crippen LogP contribution in [0, 0.1) is 17.2 Å². The van der Waals surface area contributed by atoms with Gasteiger partial charge in [0.05, 0.1) is 12.7 Å². The molecule has 6 nitrogen and oxygen atoms in total. The van der Waals surface area contributed by atoms with E-state index in [0.717, 1.165) is 11.3 Å². The van der Waals surface area contributed by atoms with Crippen LogP contribution in [0.2, 0.25) is 0 Å². The Morgan fingerprint density at radius 2 is 2.12 bits per heavy atom. The van der Waals surface area contributed by atoms with E-state index in [1.165, 1.54) is 0 Å². The van der Waals surface area contributed by atoms with Gasteiger partial charge in [0, 0.05) is 17.5 Å². The van der Waals surface area contributed by atoms with Crippen molar-refractivity contribution >= 4 is 5.97 Å². The van der Waals surface area contributed by atoms with Gasteiger partial charge >= 0.3 is 5.97 Å². The smallest absolute Gasteiger partial charge is 0.313 e. The minimum Gasteiger partial charge on any atom is -0.489 e. The van der Waals surface area contributed by atoms with Gasteiger partial charge < -0.3 is 14.2 Å². The highest BCUT2D eigenvalue weighted by Crippen LogP contribution is 2.59. The monoisotopic (exact) mass is 337 g/mol. The molecule has 3 unspecified atom stereocenters. The van der Waals surface area contributed by atoms with Crippen LogP contribution in [0.3, 0.4) is 0 Å². The first-order valence-electron chi connectivity index (χ1n) is 8.17. The van der Waals surface area contributed by atoms with Crippen LogP contribution in [0.4, 0.5) is 0 Å². The summed E-state index contributed by atoms with van der Waals surface area (Å²) < 4.78 is 18.5. The van der Waals surface area contributed by atoms with Gasteiger partial charge in [0.2, 0.25) is 0 Å². The van der Waals surface area contributed by atoms with Gasteiger partial charge in [-0.25, -0.2) is 0 Å². The van der Waals surface area contributed by atoms with Crippen molar-refractivity contribution in [2.75, 3.05) is 6.61 Å². The van der Waals surface area contributed by atoms with Crippen molar-refractivity contribution in [3.05, 3.63) is 47.8 Å². The number of fused-ring (bicyclic) bond motifs is 3. The van der Waals surface area contributed by atoms with Crippen LogP contribution in [0.5, 0.6) is 17.2 Å². The molecule has 3 atom stereocenters. The molecule has 0 bridgehead atoms. The minimum atomic E-state index is -0.219. The van der Waals surface area contributed by atoms with Crippen molar-refractivity contribution in [3.63, 3.8) is 0 Å². The Morgan fingerprint density at radius 1 is 1.32 bits per heavy atom.